The lowest BCUT2D eigenvalue weighted by molar-refractivity contribution is -0.116. The number of ether oxygens (including phenoxy) is 1. The summed E-state index contributed by atoms with van der Waals surface area (Å²) in [5.41, 5.74) is 1.52. The van der Waals surface area contributed by atoms with Crippen molar-refractivity contribution in [2.75, 3.05) is 5.32 Å². The molecule has 0 unspecified atom stereocenters. The number of aryl methyl sites for hydroxylation is 1. The van der Waals surface area contributed by atoms with Crippen LogP contribution in [0.15, 0.2) is 29.3 Å². The number of nitrogens with one attached hydrogen (secondary N) is 1. The standard InChI is InChI=1S/C23H24ClN3O4S/c1-13-16(24)9-6-10-17(13)26-18(28)11-27-12-25-21-19(22(27)29)14(2)20(32-21)23(30)31-15-7-4-3-5-8-15/h6,9-10,12,15H,3-5,7-8,11H2,1-2H3,(H,26,28). The van der Waals surface area contributed by atoms with Gasteiger partial charge in [-0.1, -0.05) is 24.1 Å². The predicted octanol–water partition coefficient (Wildman–Crippen LogP) is 4.86. The summed E-state index contributed by atoms with van der Waals surface area (Å²) in [5, 5.41) is 3.67. The molecule has 0 saturated heterocycles. The molecule has 7 nitrogen and oxygen atoms in total. The Bertz CT molecular complexity index is 1240. The summed E-state index contributed by atoms with van der Waals surface area (Å²) < 4.78 is 6.91. The zero-order valence-corrected chi connectivity index (χ0v) is 19.5. The average molecular weight is 474 g/mol. The SMILES string of the molecule is Cc1c(Cl)cccc1NC(=O)Cn1cnc2sc(C(=O)OC3CCCCC3)c(C)c2c1=O. The fraction of sp³-hybridized carbons (Fsp3) is 0.391. The molecule has 2 aromatic heterocycles. The van der Waals surface area contributed by atoms with Gasteiger partial charge in [-0.2, -0.15) is 0 Å². The number of carbonyl (C=O) groups excluding carboxylic acids is 2. The van der Waals surface area contributed by atoms with Crippen molar-refractivity contribution in [3.8, 4) is 0 Å². The molecule has 0 bridgehead atoms. The van der Waals surface area contributed by atoms with Gasteiger partial charge >= 0.3 is 5.97 Å². The molecule has 1 saturated carbocycles. The second-order valence-corrected chi connectivity index (χ2v) is 9.45. The van der Waals surface area contributed by atoms with Gasteiger partial charge in [-0.05, 0) is 62.8 Å². The Labute approximate surface area is 194 Å². The van der Waals surface area contributed by atoms with Gasteiger partial charge in [0.25, 0.3) is 5.56 Å². The molecule has 1 fully saturated rings. The highest BCUT2D eigenvalue weighted by molar-refractivity contribution is 7.20. The zero-order chi connectivity index (χ0) is 22.8. The third-order valence-corrected chi connectivity index (χ3v) is 7.37. The third kappa shape index (κ3) is 4.56. The van der Waals surface area contributed by atoms with Crippen LogP contribution in [0.4, 0.5) is 5.69 Å². The lowest BCUT2D eigenvalue weighted by Crippen LogP contribution is -2.28. The van der Waals surface area contributed by atoms with Crippen molar-refractivity contribution in [3.05, 3.63) is 55.9 Å². The molecule has 1 aliphatic carbocycles. The second-order valence-electron chi connectivity index (χ2n) is 8.04. The number of amides is 1. The smallest absolute Gasteiger partial charge is 0.348 e. The monoisotopic (exact) mass is 473 g/mol. The van der Waals surface area contributed by atoms with E-state index in [-0.39, 0.29) is 24.1 Å². The fourth-order valence-corrected chi connectivity index (χ4v) is 5.14. The Morgan fingerprint density at radius 1 is 1.22 bits per heavy atom. The number of halogens is 1. The number of hydrogen-bond donors (Lipinski definition) is 1. The van der Waals surface area contributed by atoms with E-state index < -0.39 is 5.97 Å². The molecule has 1 aromatic carbocycles. The number of esters is 1. The summed E-state index contributed by atoms with van der Waals surface area (Å²) >= 11 is 7.26. The number of carbonyl (C=O) groups is 2. The van der Waals surface area contributed by atoms with E-state index in [1.54, 1.807) is 32.0 Å². The molecule has 0 spiro atoms. The number of thiophene rings is 1. The molecule has 0 atom stereocenters. The van der Waals surface area contributed by atoms with E-state index in [0.717, 1.165) is 42.6 Å². The number of anilines is 1. The largest absolute Gasteiger partial charge is 0.458 e. The predicted molar refractivity (Wildman–Crippen MR) is 126 cm³/mol. The highest BCUT2D eigenvalue weighted by Gasteiger charge is 2.24. The van der Waals surface area contributed by atoms with Crippen LogP contribution in [0.3, 0.4) is 0 Å². The van der Waals surface area contributed by atoms with Gasteiger partial charge < -0.3 is 10.1 Å². The van der Waals surface area contributed by atoms with Crippen LogP contribution in [-0.4, -0.2) is 27.5 Å². The highest BCUT2D eigenvalue weighted by atomic mass is 35.5. The maximum Gasteiger partial charge on any atom is 0.348 e. The molecule has 1 aliphatic rings. The van der Waals surface area contributed by atoms with Gasteiger partial charge in [-0.15, -0.1) is 11.3 Å². The molecule has 3 aromatic rings. The van der Waals surface area contributed by atoms with Crippen LogP contribution in [0.2, 0.25) is 5.02 Å². The van der Waals surface area contributed by atoms with Crippen molar-refractivity contribution in [1.82, 2.24) is 9.55 Å². The first kappa shape index (κ1) is 22.5. The molecule has 9 heteroatoms. The first-order valence-corrected chi connectivity index (χ1v) is 11.8. The molecule has 4 rings (SSSR count). The lowest BCUT2D eigenvalue weighted by atomic mass is 9.98. The van der Waals surface area contributed by atoms with Gasteiger partial charge in [0.1, 0.15) is 22.4 Å². The van der Waals surface area contributed by atoms with Crippen LogP contribution in [0.1, 0.15) is 52.9 Å². The van der Waals surface area contributed by atoms with E-state index in [2.05, 4.69) is 10.3 Å². The average Bonchev–Trinajstić information content (AvgIpc) is 3.11. The summed E-state index contributed by atoms with van der Waals surface area (Å²) in [7, 11) is 0. The summed E-state index contributed by atoms with van der Waals surface area (Å²) in [5.74, 6) is -0.777. The highest BCUT2D eigenvalue weighted by Crippen LogP contribution is 2.29. The Morgan fingerprint density at radius 3 is 2.72 bits per heavy atom. The number of rotatable bonds is 5. The number of nitrogens with zero attached hydrogens (tertiary/aromatic N) is 2. The molecule has 1 amide bonds. The van der Waals surface area contributed by atoms with E-state index in [9.17, 15) is 14.4 Å². The Balaban J connectivity index is 1.55. The molecule has 168 valence electrons. The second kappa shape index (κ2) is 9.42. The van der Waals surface area contributed by atoms with Gasteiger partial charge in [-0.25, -0.2) is 9.78 Å². The zero-order valence-electron chi connectivity index (χ0n) is 17.9. The minimum Gasteiger partial charge on any atom is -0.458 e. The number of fused-ring (bicyclic) bond motifs is 1. The Hall–Kier alpha value is -2.71. The van der Waals surface area contributed by atoms with Crippen molar-refractivity contribution in [2.45, 2.75) is 58.6 Å². The molecule has 2 heterocycles. The Kier molecular flexibility index (Phi) is 6.62. The van der Waals surface area contributed by atoms with Crippen LogP contribution in [0.5, 0.6) is 0 Å². The first-order chi connectivity index (χ1) is 15.3. The van der Waals surface area contributed by atoms with Crippen molar-refractivity contribution in [1.29, 1.82) is 0 Å². The first-order valence-electron chi connectivity index (χ1n) is 10.6. The van der Waals surface area contributed by atoms with Gasteiger partial charge in [0.2, 0.25) is 5.91 Å². The van der Waals surface area contributed by atoms with Crippen LogP contribution in [0.25, 0.3) is 10.2 Å². The summed E-state index contributed by atoms with van der Waals surface area (Å²) in [6, 6.07) is 5.23. The normalized spacial score (nSPS) is 14.5. The van der Waals surface area contributed by atoms with E-state index in [0.29, 0.717) is 31.4 Å². The topological polar surface area (TPSA) is 90.3 Å². The van der Waals surface area contributed by atoms with Gasteiger partial charge in [0.15, 0.2) is 0 Å². The van der Waals surface area contributed by atoms with E-state index in [1.807, 2.05) is 0 Å². The van der Waals surface area contributed by atoms with Gasteiger partial charge in [0.05, 0.1) is 11.7 Å². The molecule has 0 aliphatic heterocycles. The fourth-order valence-electron chi connectivity index (χ4n) is 3.94. The number of aromatic nitrogens is 2. The van der Waals surface area contributed by atoms with Crippen LogP contribution < -0.4 is 10.9 Å². The van der Waals surface area contributed by atoms with E-state index in [1.165, 1.54) is 17.3 Å². The summed E-state index contributed by atoms with van der Waals surface area (Å²) in [6.45, 7) is 3.32. The van der Waals surface area contributed by atoms with E-state index in [4.69, 9.17) is 16.3 Å². The van der Waals surface area contributed by atoms with Gasteiger partial charge in [-0.3, -0.25) is 14.2 Å². The van der Waals surface area contributed by atoms with Crippen molar-refractivity contribution in [2.24, 2.45) is 0 Å². The summed E-state index contributed by atoms with van der Waals surface area (Å²) in [6.07, 6.45) is 6.32. The van der Waals surface area contributed by atoms with Gasteiger partial charge in [0, 0.05) is 10.7 Å². The minimum atomic E-state index is -0.405. The van der Waals surface area contributed by atoms with Crippen molar-refractivity contribution < 1.29 is 14.3 Å². The minimum absolute atomic E-state index is 0.0656. The molecular formula is C23H24ClN3O4S. The maximum atomic E-state index is 13.1. The van der Waals surface area contributed by atoms with E-state index >= 15 is 0 Å². The lowest BCUT2D eigenvalue weighted by Gasteiger charge is -2.21. The number of hydrogen-bond acceptors (Lipinski definition) is 6. The molecular weight excluding hydrogens is 450 g/mol. The maximum absolute atomic E-state index is 13.1. The van der Waals surface area contributed by atoms with Crippen LogP contribution >= 0.6 is 22.9 Å². The molecule has 0 radical (unpaired) electrons. The summed E-state index contributed by atoms with van der Waals surface area (Å²) in [4.78, 5) is 43.5. The van der Waals surface area contributed by atoms with Crippen LogP contribution in [0, 0.1) is 13.8 Å². The van der Waals surface area contributed by atoms with Crippen molar-refractivity contribution in [3.63, 3.8) is 0 Å². The number of benzene rings is 1. The third-order valence-electron chi connectivity index (χ3n) is 5.78. The van der Waals surface area contributed by atoms with Crippen LogP contribution in [-0.2, 0) is 16.1 Å². The molecule has 32 heavy (non-hydrogen) atoms. The molecule has 1 N–H and O–H groups in total. The van der Waals surface area contributed by atoms with Crippen molar-refractivity contribution >= 4 is 50.7 Å². The Morgan fingerprint density at radius 2 is 1.97 bits per heavy atom. The quantitative estimate of drug-likeness (QED) is 0.534.